The second-order valence-corrected chi connectivity index (χ2v) is 15.0. The third-order valence-electron chi connectivity index (χ3n) is 9.05. The summed E-state index contributed by atoms with van der Waals surface area (Å²) in [5.74, 6) is -3.66. The first-order valence-corrected chi connectivity index (χ1v) is 17.1. The maximum absolute atomic E-state index is 14.0. The second kappa shape index (κ2) is 11.9. The van der Waals surface area contributed by atoms with Crippen LogP contribution in [0.2, 0.25) is 0 Å². The summed E-state index contributed by atoms with van der Waals surface area (Å²) in [6.45, 7) is -0.696. The molecule has 0 spiro atoms. The van der Waals surface area contributed by atoms with Crippen molar-refractivity contribution in [2.75, 3.05) is 13.2 Å². The summed E-state index contributed by atoms with van der Waals surface area (Å²) in [6.07, 6.45) is -0.264. The van der Waals surface area contributed by atoms with Gasteiger partial charge >= 0.3 is 11.9 Å². The number of hydrogen-bond donors (Lipinski definition) is 0. The molecule has 4 aliphatic rings. The van der Waals surface area contributed by atoms with Gasteiger partial charge in [0, 0.05) is 16.6 Å². The zero-order chi connectivity index (χ0) is 33.1. The van der Waals surface area contributed by atoms with Gasteiger partial charge in [-0.05, 0) is 70.8 Å². The van der Waals surface area contributed by atoms with E-state index in [4.69, 9.17) is 9.47 Å². The lowest BCUT2D eigenvalue weighted by molar-refractivity contribution is -0.145. The van der Waals surface area contributed by atoms with Crippen molar-refractivity contribution in [2.45, 2.75) is 15.1 Å². The van der Waals surface area contributed by atoms with Gasteiger partial charge in [0.2, 0.25) is 11.8 Å². The fraction of sp³-hybridized carbons (Fsp3) is 0.194. The van der Waals surface area contributed by atoms with Crippen LogP contribution in [0, 0.1) is 11.8 Å². The molecule has 1 heterocycles. The van der Waals surface area contributed by atoms with Crippen molar-refractivity contribution in [3.8, 4) is 5.75 Å². The largest absolute Gasteiger partial charge is 0.457 e. The number of nitrogens with zero attached hydrogens (tertiary/aromatic N) is 1. The molecule has 1 aliphatic heterocycles. The molecule has 3 aliphatic carbocycles. The summed E-state index contributed by atoms with van der Waals surface area (Å²) >= 11 is 11.2. The average molecular weight is 822 g/mol. The highest BCUT2D eigenvalue weighted by Crippen LogP contribution is 2.70. The van der Waals surface area contributed by atoms with Gasteiger partial charge in [-0.15, -0.1) is 0 Å². The number of ketones is 1. The number of imide groups is 1. The third-order valence-corrected chi connectivity index (χ3v) is 12.3. The summed E-state index contributed by atoms with van der Waals surface area (Å²) in [5.41, 5.74) is 4.33. The van der Waals surface area contributed by atoms with Crippen molar-refractivity contribution in [1.82, 2.24) is 4.90 Å². The van der Waals surface area contributed by atoms with Gasteiger partial charge in [0.1, 0.15) is 5.75 Å². The average Bonchev–Trinajstić information content (AvgIpc) is 3.35. The number of carbonyl (C=O) groups excluding carboxylic acids is 5. The van der Waals surface area contributed by atoms with Crippen LogP contribution in [0.3, 0.4) is 0 Å². The highest BCUT2D eigenvalue weighted by Gasteiger charge is 2.72. The van der Waals surface area contributed by atoms with E-state index >= 15 is 0 Å². The van der Waals surface area contributed by atoms with E-state index < -0.39 is 44.8 Å². The van der Waals surface area contributed by atoms with Crippen LogP contribution in [0.1, 0.15) is 49.4 Å². The molecule has 1 saturated heterocycles. The Bertz CT molecular complexity index is 1850. The van der Waals surface area contributed by atoms with E-state index in [9.17, 15) is 24.0 Å². The minimum Gasteiger partial charge on any atom is -0.457 e. The van der Waals surface area contributed by atoms with Gasteiger partial charge < -0.3 is 9.47 Å². The van der Waals surface area contributed by atoms with Crippen LogP contribution in [0.5, 0.6) is 5.75 Å². The zero-order valence-corrected chi connectivity index (χ0v) is 29.2. The lowest BCUT2D eigenvalue weighted by atomic mass is 9.54. The standard InChI is InChI=1S/C36H24Br3NO7/c37-22-13-9-21(10-14-22)34(45)47-23-15-11-20(12-16-23)28(41)19-46-29(42)17-18-40-32(43)30-31(33(40)44)36(39)25-6-2-1-5-24(25)35(30,38)26-7-3-4-8-27(26)36/h1-16,30-31H,17-19H2. The van der Waals surface area contributed by atoms with E-state index in [1.54, 1.807) is 24.3 Å². The van der Waals surface area contributed by atoms with Gasteiger partial charge in [-0.2, -0.15) is 0 Å². The Kier molecular flexibility index (Phi) is 8.05. The number of alkyl halides is 2. The predicted molar refractivity (Wildman–Crippen MR) is 181 cm³/mol. The molecule has 4 aromatic rings. The molecule has 0 radical (unpaired) electrons. The molecular weight excluding hydrogens is 798 g/mol. The highest BCUT2D eigenvalue weighted by molar-refractivity contribution is 9.10. The number of amides is 2. The molecule has 8 rings (SSSR count). The number of carbonyl (C=O) groups is 5. The highest BCUT2D eigenvalue weighted by atomic mass is 79.9. The first-order chi connectivity index (χ1) is 22.5. The summed E-state index contributed by atoms with van der Waals surface area (Å²) in [6, 6.07) is 28.2. The zero-order valence-electron chi connectivity index (χ0n) is 24.5. The van der Waals surface area contributed by atoms with Crippen molar-refractivity contribution in [3.05, 3.63) is 135 Å². The Morgan fingerprint density at radius 1 is 0.681 bits per heavy atom. The summed E-state index contributed by atoms with van der Waals surface area (Å²) in [7, 11) is 0. The molecular formula is C36H24Br3NO7. The van der Waals surface area contributed by atoms with Gasteiger partial charge in [-0.25, -0.2) is 4.79 Å². The van der Waals surface area contributed by atoms with Crippen molar-refractivity contribution >= 4 is 77.3 Å². The molecule has 0 N–H and O–H groups in total. The van der Waals surface area contributed by atoms with Gasteiger partial charge in [-0.3, -0.25) is 24.1 Å². The third kappa shape index (κ3) is 5.01. The minimum atomic E-state index is -0.915. The van der Waals surface area contributed by atoms with Gasteiger partial charge in [-0.1, -0.05) is 96.3 Å². The van der Waals surface area contributed by atoms with Crippen molar-refractivity contribution in [2.24, 2.45) is 11.8 Å². The fourth-order valence-electron chi connectivity index (χ4n) is 6.91. The SMILES string of the molecule is O=C(CCN1C(=O)C2C(C1=O)C1(Br)c3ccccc3C2(Br)c2ccccc21)OCC(=O)c1ccc(OC(=O)c2ccc(Br)cc2)cc1. The molecule has 2 unspecified atom stereocenters. The molecule has 47 heavy (non-hydrogen) atoms. The van der Waals surface area contributed by atoms with Crippen LogP contribution in [-0.2, 0) is 27.8 Å². The van der Waals surface area contributed by atoms with Crippen LogP contribution < -0.4 is 4.74 Å². The molecule has 0 saturated carbocycles. The van der Waals surface area contributed by atoms with E-state index in [1.807, 2.05) is 48.5 Å². The van der Waals surface area contributed by atoms with Crippen LogP contribution >= 0.6 is 47.8 Å². The molecule has 2 bridgehead atoms. The number of hydrogen-bond acceptors (Lipinski definition) is 7. The molecule has 8 nitrogen and oxygen atoms in total. The van der Waals surface area contributed by atoms with Crippen LogP contribution in [0.25, 0.3) is 0 Å². The van der Waals surface area contributed by atoms with Crippen molar-refractivity contribution in [3.63, 3.8) is 0 Å². The van der Waals surface area contributed by atoms with Crippen LogP contribution in [0.4, 0.5) is 0 Å². The molecule has 2 amide bonds. The molecule has 236 valence electrons. The quantitative estimate of drug-likeness (QED) is 0.0642. The maximum Gasteiger partial charge on any atom is 0.343 e. The summed E-state index contributed by atoms with van der Waals surface area (Å²) in [4.78, 5) is 66.9. The number of benzene rings is 4. The maximum atomic E-state index is 14.0. The Morgan fingerprint density at radius 3 is 1.64 bits per heavy atom. The van der Waals surface area contributed by atoms with Gasteiger partial charge in [0.25, 0.3) is 0 Å². The molecule has 11 heteroatoms. The minimum absolute atomic E-state index is 0.172. The molecule has 2 atom stereocenters. The lowest BCUT2D eigenvalue weighted by Crippen LogP contribution is -2.56. The van der Waals surface area contributed by atoms with Crippen molar-refractivity contribution < 1.29 is 33.4 Å². The molecule has 1 fully saturated rings. The smallest absolute Gasteiger partial charge is 0.343 e. The molecule has 0 aromatic heterocycles. The fourth-order valence-corrected chi connectivity index (χ4v) is 9.48. The van der Waals surface area contributed by atoms with E-state index in [0.717, 1.165) is 31.6 Å². The topological polar surface area (TPSA) is 107 Å². The number of ether oxygens (including phenoxy) is 2. The lowest BCUT2D eigenvalue weighted by Gasteiger charge is -2.55. The predicted octanol–water partition coefficient (Wildman–Crippen LogP) is 6.69. The van der Waals surface area contributed by atoms with Crippen molar-refractivity contribution in [1.29, 1.82) is 0 Å². The van der Waals surface area contributed by atoms with Crippen LogP contribution in [0.15, 0.2) is 102 Å². The number of esters is 2. The number of halogens is 3. The van der Waals surface area contributed by atoms with E-state index in [0.29, 0.717) is 5.56 Å². The first kappa shape index (κ1) is 31.7. The Morgan fingerprint density at radius 2 is 1.15 bits per heavy atom. The monoisotopic (exact) mass is 819 g/mol. The molecule has 4 aromatic carbocycles. The first-order valence-electron chi connectivity index (χ1n) is 14.7. The normalized spacial score (nSPS) is 23.5. The van der Waals surface area contributed by atoms with Gasteiger partial charge in [0.05, 0.1) is 32.5 Å². The number of likely N-dealkylation sites (tertiary alicyclic amines) is 1. The Labute approximate surface area is 294 Å². The number of Topliss-reactive ketones (excluding diaryl/α,β-unsaturated/α-hetero) is 1. The van der Waals surface area contributed by atoms with E-state index in [1.165, 1.54) is 24.3 Å². The van der Waals surface area contributed by atoms with E-state index in [-0.39, 0.29) is 36.1 Å². The number of rotatable bonds is 8. The van der Waals surface area contributed by atoms with Gasteiger partial charge in [0.15, 0.2) is 12.4 Å². The summed E-state index contributed by atoms with van der Waals surface area (Å²) in [5, 5.41) is 0. The second-order valence-electron chi connectivity index (χ2n) is 11.6. The Balaban J connectivity index is 0.990. The van der Waals surface area contributed by atoms with Crippen LogP contribution in [-0.4, -0.2) is 47.6 Å². The Hall–Kier alpha value is -3.93. The summed E-state index contributed by atoms with van der Waals surface area (Å²) < 4.78 is 9.58. The van der Waals surface area contributed by atoms with E-state index in [2.05, 4.69) is 47.8 Å².